The van der Waals surface area contributed by atoms with Crippen LogP contribution in [0.15, 0.2) is 54.6 Å². The Kier molecular flexibility index (Phi) is 6.05. The second kappa shape index (κ2) is 8.60. The molecule has 0 spiro atoms. The third-order valence-corrected chi connectivity index (χ3v) is 6.67. The summed E-state index contributed by atoms with van der Waals surface area (Å²) in [6, 6.07) is 16.6. The maximum atomic E-state index is 13.0. The van der Waals surface area contributed by atoms with Gasteiger partial charge in [-0.25, -0.2) is 9.78 Å². The van der Waals surface area contributed by atoms with Crippen molar-refractivity contribution in [1.82, 2.24) is 10.3 Å². The number of hydrogen-bond acceptors (Lipinski definition) is 5. The molecule has 1 heterocycles. The predicted molar refractivity (Wildman–Crippen MR) is 130 cm³/mol. The van der Waals surface area contributed by atoms with E-state index in [-0.39, 0.29) is 12.2 Å². The number of aliphatic carboxylic acids is 1. The minimum absolute atomic E-state index is 0.158. The number of thiazole rings is 1. The number of para-hydroxylation sites is 1. The quantitative estimate of drug-likeness (QED) is 0.179. The summed E-state index contributed by atoms with van der Waals surface area (Å²) in [5, 5.41) is 14.4. The highest BCUT2D eigenvalue weighted by molar-refractivity contribution is 14.1. The molecule has 1 atom stereocenters. The molecule has 0 saturated heterocycles. The van der Waals surface area contributed by atoms with E-state index >= 15 is 0 Å². The fraction of sp³-hybridized carbons (Fsp3) is 0.136. The largest absolute Gasteiger partial charge is 0.485 e. The number of carboxylic acids is 1. The van der Waals surface area contributed by atoms with Crippen LogP contribution >= 0.6 is 45.5 Å². The molecule has 0 saturated carbocycles. The molecule has 4 aromatic rings. The van der Waals surface area contributed by atoms with Gasteiger partial charge >= 0.3 is 5.97 Å². The maximum Gasteiger partial charge on any atom is 0.339 e. The SMILES string of the molecule is C[C@](I)(NC(=O)c1cc(Cl)c2ccccc2c1OCc1nc2ccccc2s1)C(=O)O. The van der Waals surface area contributed by atoms with Crippen molar-refractivity contribution in [3.63, 3.8) is 0 Å². The highest BCUT2D eigenvalue weighted by atomic mass is 127. The Balaban J connectivity index is 1.74. The van der Waals surface area contributed by atoms with E-state index in [4.69, 9.17) is 16.3 Å². The topological polar surface area (TPSA) is 88.5 Å². The first-order chi connectivity index (χ1) is 14.8. The summed E-state index contributed by atoms with van der Waals surface area (Å²) in [6.07, 6.45) is 0. The fourth-order valence-corrected chi connectivity index (χ4v) is 4.48. The minimum Gasteiger partial charge on any atom is -0.485 e. The standard InChI is InChI=1S/C22H16ClIN2O4S/c1-22(24,21(28)29)26-20(27)14-10-15(23)12-6-2-3-7-13(12)19(14)30-11-18-25-16-8-4-5-9-17(16)31-18/h2-10H,11H2,1H3,(H,26,27)(H,28,29)/t22-/m0/s1. The van der Waals surface area contributed by atoms with Crippen molar-refractivity contribution < 1.29 is 19.4 Å². The van der Waals surface area contributed by atoms with Crippen molar-refractivity contribution in [2.24, 2.45) is 0 Å². The van der Waals surface area contributed by atoms with Gasteiger partial charge in [-0.2, -0.15) is 0 Å². The number of ether oxygens (including phenoxy) is 1. The number of nitrogens with one attached hydrogen (secondary N) is 1. The van der Waals surface area contributed by atoms with E-state index in [0.717, 1.165) is 20.6 Å². The van der Waals surface area contributed by atoms with Gasteiger partial charge in [0.25, 0.3) is 5.91 Å². The van der Waals surface area contributed by atoms with Crippen LogP contribution in [0.25, 0.3) is 21.0 Å². The second-order valence-corrected chi connectivity index (χ2v) is 10.6. The lowest BCUT2D eigenvalue weighted by molar-refractivity contribution is -0.139. The number of carboxylic acid groups (broad SMARTS) is 1. The van der Waals surface area contributed by atoms with Crippen LogP contribution in [0, 0.1) is 0 Å². The van der Waals surface area contributed by atoms with Gasteiger partial charge in [-0.15, -0.1) is 11.3 Å². The molecule has 2 N–H and O–H groups in total. The number of nitrogens with zero attached hydrogens (tertiary/aromatic N) is 1. The van der Waals surface area contributed by atoms with Crippen LogP contribution in [0.5, 0.6) is 5.75 Å². The highest BCUT2D eigenvalue weighted by Crippen LogP contribution is 2.36. The van der Waals surface area contributed by atoms with Crippen LogP contribution in [-0.2, 0) is 11.4 Å². The smallest absolute Gasteiger partial charge is 0.339 e. The van der Waals surface area contributed by atoms with Crippen LogP contribution in [-0.4, -0.2) is 25.5 Å². The van der Waals surface area contributed by atoms with Crippen LogP contribution < -0.4 is 10.1 Å². The molecule has 1 aromatic heterocycles. The van der Waals surface area contributed by atoms with E-state index < -0.39 is 15.4 Å². The van der Waals surface area contributed by atoms with Crippen LogP contribution in [0.1, 0.15) is 22.3 Å². The van der Waals surface area contributed by atoms with Crippen LogP contribution in [0.3, 0.4) is 0 Å². The van der Waals surface area contributed by atoms with Gasteiger partial charge < -0.3 is 15.2 Å². The van der Waals surface area contributed by atoms with Crippen molar-refractivity contribution in [1.29, 1.82) is 0 Å². The van der Waals surface area contributed by atoms with Crippen LogP contribution in [0.4, 0.5) is 0 Å². The lowest BCUT2D eigenvalue weighted by Crippen LogP contribution is -2.47. The number of alkyl halides is 1. The fourth-order valence-electron chi connectivity index (χ4n) is 3.08. The van der Waals surface area contributed by atoms with Gasteiger partial charge in [0.1, 0.15) is 17.4 Å². The number of carbonyl (C=O) groups excluding carboxylic acids is 1. The average molecular weight is 567 g/mol. The number of halogens is 2. The second-order valence-electron chi connectivity index (χ2n) is 6.91. The molecule has 0 fully saturated rings. The van der Waals surface area contributed by atoms with Gasteiger partial charge in [0.05, 0.1) is 15.8 Å². The molecular weight excluding hydrogens is 551 g/mol. The number of benzene rings is 3. The number of carbonyl (C=O) groups is 2. The molecule has 4 rings (SSSR count). The first-order valence-electron chi connectivity index (χ1n) is 9.19. The molecule has 0 aliphatic carbocycles. The van der Waals surface area contributed by atoms with Crippen molar-refractivity contribution in [2.75, 3.05) is 0 Å². The number of hydrogen-bond donors (Lipinski definition) is 2. The zero-order chi connectivity index (χ0) is 22.2. The molecule has 6 nitrogen and oxygen atoms in total. The first-order valence-corrected chi connectivity index (χ1v) is 11.5. The Morgan fingerprint density at radius 3 is 2.58 bits per heavy atom. The molecule has 158 valence electrons. The lowest BCUT2D eigenvalue weighted by atomic mass is 10.0. The number of fused-ring (bicyclic) bond motifs is 2. The Morgan fingerprint density at radius 1 is 1.19 bits per heavy atom. The molecule has 0 aliphatic rings. The summed E-state index contributed by atoms with van der Waals surface area (Å²) in [5.74, 6) is -1.43. The van der Waals surface area contributed by atoms with Gasteiger partial charge in [-0.1, -0.05) is 48.0 Å². The molecule has 0 radical (unpaired) electrons. The molecule has 0 bridgehead atoms. The van der Waals surface area contributed by atoms with E-state index in [2.05, 4.69) is 10.3 Å². The summed E-state index contributed by atoms with van der Waals surface area (Å²) in [5.41, 5.74) is 1.04. The van der Waals surface area contributed by atoms with E-state index in [1.807, 2.05) is 48.5 Å². The van der Waals surface area contributed by atoms with Crippen molar-refractivity contribution >= 4 is 78.4 Å². The number of aromatic nitrogens is 1. The van der Waals surface area contributed by atoms with Crippen molar-refractivity contribution in [2.45, 2.75) is 17.1 Å². The Morgan fingerprint density at radius 2 is 1.87 bits per heavy atom. The Labute approximate surface area is 200 Å². The lowest BCUT2D eigenvalue weighted by Gasteiger charge is -2.21. The monoisotopic (exact) mass is 566 g/mol. The van der Waals surface area contributed by atoms with E-state index in [1.165, 1.54) is 24.3 Å². The molecule has 0 aliphatic heterocycles. The van der Waals surface area contributed by atoms with E-state index in [9.17, 15) is 14.7 Å². The maximum absolute atomic E-state index is 13.0. The van der Waals surface area contributed by atoms with Gasteiger partial charge in [0.15, 0.2) is 3.55 Å². The summed E-state index contributed by atoms with van der Waals surface area (Å²) < 4.78 is 5.65. The molecular formula is C22H16ClIN2O4S. The van der Waals surface area contributed by atoms with E-state index in [0.29, 0.717) is 16.2 Å². The summed E-state index contributed by atoms with van der Waals surface area (Å²) >= 11 is 9.60. The zero-order valence-corrected chi connectivity index (χ0v) is 19.9. The van der Waals surface area contributed by atoms with Crippen LogP contribution in [0.2, 0.25) is 5.02 Å². The normalized spacial score (nSPS) is 13.1. The zero-order valence-electron chi connectivity index (χ0n) is 16.2. The van der Waals surface area contributed by atoms with Gasteiger partial charge in [-0.05, 0) is 47.7 Å². The molecule has 1 amide bonds. The number of rotatable bonds is 6. The summed E-state index contributed by atoms with van der Waals surface area (Å²) in [4.78, 5) is 29.0. The minimum atomic E-state index is -1.49. The molecule has 0 unspecified atom stereocenters. The molecule has 9 heteroatoms. The Hall–Kier alpha value is -2.43. The molecule has 3 aromatic carbocycles. The summed E-state index contributed by atoms with van der Waals surface area (Å²) in [6.45, 7) is 1.56. The average Bonchev–Trinajstić information content (AvgIpc) is 3.15. The third-order valence-electron chi connectivity index (χ3n) is 4.62. The summed E-state index contributed by atoms with van der Waals surface area (Å²) in [7, 11) is 0. The van der Waals surface area contributed by atoms with E-state index in [1.54, 1.807) is 22.6 Å². The first kappa shape index (κ1) is 21.8. The number of amides is 1. The van der Waals surface area contributed by atoms with Gasteiger partial charge in [0.2, 0.25) is 0 Å². The highest BCUT2D eigenvalue weighted by Gasteiger charge is 2.33. The van der Waals surface area contributed by atoms with Gasteiger partial charge in [0, 0.05) is 15.8 Å². The van der Waals surface area contributed by atoms with Gasteiger partial charge in [-0.3, -0.25) is 4.79 Å². The predicted octanol–water partition coefficient (Wildman–Crippen LogP) is 5.65. The van der Waals surface area contributed by atoms with Crippen molar-refractivity contribution in [3.05, 3.63) is 70.2 Å². The Bertz CT molecular complexity index is 1290. The molecule has 31 heavy (non-hydrogen) atoms. The third kappa shape index (κ3) is 4.46. The van der Waals surface area contributed by atoms with Crippen molar-refractivity contribution in [3.8, 4) is 5.75 Å².